The average molecular weight is 478 g/mol. The van der Waals surface area contributed by atoms with E-state index in [2.05, 4.69) is 10.3 Å². The van der Waals surface area contributed by atoms with Gasteiger partial charge in [-0.15, -0.1) is 11.3 Å². The summed E-state index contributed by atoms with van der Waals surface area (Å²) in [5, 5.41) is 4.95. The summed E-state index contributed by atoms with van der Waals surface area (Å²) in [5.41, 5.74) is 2.30. The van der Waals surface area contributed by atoms with E-state index in [4.69, 9.17) is 39.2 Å². The second-order valence-corrected chi connectivity index (χ2v) is 8.96. The summed E-state index contributed by atoms with van der Waals surface area (Å²) in [4.78, 5) is 18.1. The van der Waals surface area contributed by atoms with E-state index in [0.717, 1.165) is 22.4 Å². The fraction of sp³-hybridized carbons (Fsp3) is 0.0909. The van der Waals surface area contributed by atoms with Crippen molar-refractivity contribution < 1.29 is 9.21 Å². The summed E-state index contributed by atoms with van der Waals surface area (Å²) in [7, 11) is 0. The van der Waals surface area contributed by atoms with Crippen molar-refractivity contribution in [2.45, 2.75) is 13.3 Å². The SMILES string of the molecule is Cc1oc(-c2ccc(Cl)c(Cl)c2)cc1C(=O)Nc1ncc(Cc2ccc(Cl)cc2)s1. The lowest BCUT2D eigenvalue weighted by molar-refractivity contribution is 0.102. The number of nitrogens with zero attached hydrogens (tertiary/aromatic N) is 1. The molecular formula is C22H15Cl3N2O2S. The number of aryl methyl sites for hydroxylation is 1. The fourth-order valence-corrected chi connectivity index (χ4v) is 4.18. The van der Waals surface area contributed by atoms with Gasteiger partial charge in [0.1, 0.15) is 11.5 Å². The van der Waals surface area contributed by atoms with Crippen LogP contribution in [0.15, 0.2) is 59.1 Å². The number of carbonyl (C=O) groups is 1. The van der Waals surface area contributed by atoms with E-state index in [1.54, 1.807) is 37.4 Å². The van der Waals surface area contributed by atoms with Crippen LogP contribution in [0.2, 0.25) is 15.1 Å². The Morgan fingerprint density at radius 2 is 1.83 bits per heavy atom. The lowest BCUT2D eigenvalue weighted by Crippen LogP contribution is -2.11. The molecule has 8 heteroatoms. The molecule has 0 radical (unpaired) electrons. The van der Waals surface area contributed by atoms with Gasteiger partial charge in [-0.2, -0.15) is 0 Å². The molecule has 0 aliphatic carbocycles. The minimum absolute atomic E-state index is 0.282. The third-order valence-corrected chi connectivity index (χ3v) is 6.34. The van der Waals surface area contributed by atoms with Crippen molar-refractivity contribution in [2.75, 3.05) is 5.32 Å². The van der Waals surface area contributed by atoms with Crippen LogP contribution >= 0.6 is 46.1 Å². The largest absolute Gasteiger partial charge is 0.461 e. The van der Waals surface area contributed by atoms with Gasteiger partial charge >= 0.3 is 0 Å². The molecule has 30 heavy (non-hydrogen) atoms. The fourth-order valence-electron chi connectivity index (χ4n) is 2.91. The molecule has 0 saturated heterocycles. The molecule has 152 valence electrons. The molecule has 4 aromatic rings. The monoisotopic (exact) mass is 476 g/mol. The summed E-state index contributed by atoms with van der Waals surface area (Å²) in [6, 6.07) is 14.5. The van der Waals surface area contributed by atoms with Gasteiger partial charge < -0.3 is 4.42 Å². The van der Waals surface area contributed by atoms with Gasteiger partial charge in [-0.05, 0) is 48.9 Å². The van der Waals surface area contributed by atoms with Gasteiger partial charge in [-0.25, -0.2) is 4.98 Å². The van der Waals surface area contributed by atoms with E-state index in [9.17, 15) is 4.79 Å². The van der Waals surface area contributed by atoms with Crippen molar-refractivity contribution in [3.8, 4) is 11.3 Å². The maximum absolute atomic E-state index is 12.7. The molecule has 0 saturated carbocycles. The normalized spacial score (nSPS) is 10.9. The Balaban J connectivity index is 1.48. The minimum atomic E-state index is -0.282. The first kappa shape index (κ1) is 20.9. The van der Waals surface area contributed by atoms with Gasteiger partial charge in [0.2, 0.25) is 0 Å². The zero-order valence-electron chi connectivity index (χ0n) is 15.7. The molecule has 0 spiro atoms. The Hall–Kier alpha value is -2.31. The van der Waals surface area contributed by atoms with Crippen LogP contribution in [0, 0.1) is 6.92 Å². The molecule has 0 bridgehead atoms. The van der Waals surface area contributed by atoms with Crippen LogP contribution in [0.4, 0.5) is 5.13 Å². The highest BCUT2D eigenvalue weighted by molar-refractivity contribution is 7.15. The zero-order valence-corrected chi connectivity index (χ0v) is 18.8. The number of rotatable bonds is 5. The van der Waals surface area contributed by atoms with E-state index in [1.165, 1.54) is 11.3 Å². The van der Waals surface area contributed by atoms with Gasteiger partial charge in [0.15, 0.2) is 5.13 Å². The Kier molecular flexibility index (Phi) is 6.16. The first-order valence-electron chi connectivity index (χ1n) is 8.95. The molecule has 2 aromatic carbocycles. The predicted octanol–water partition coefficient (Wildman–Crippen LogP) is 7.51. The van der Waals surface area contributed by atoms with Crippen LogP contribution < -0.4 is 5.32 Å². The highest BCUT2D eigenvalue weighted by atomic mass is 35.5. The smallest absolute Gasteiger partial charge is 0.261 e. The van der Waals surface area contributed by atoms with Gasteiger partial charge in [-0.3, -0.25) is 10.1 Å². The number of benzene rings is 2. The van der Waals surface area contributed by atoms with Crippen molar-refractivity contribution in [3.63, 3.8) is 0 Å². The molecule has 4 nitrogen and oxygen atoms in total. The first-order chi connectivity index (χ1) is 14.4. The number of carbonyl (C=O) groups excluding carboxylic acids is 1. The quantitative estimate of drug-likeness (QED) is 0.323. The molecule has 0 atom stereocenters. The third-order valence-electron chi connectivity index (χ3n) is 4.43. The number of anilines is 1. The maximum Gasteiger partial charge on any atom is 0.261 e. The molecule has 1 N–H and O–H groups in total. The minimum Gasteiger partial charge on any atom is -0.461 e. The Morgan fingerprint density at radius 1 is 1.07 bits per heavy atom. The second kappa shape index (κ2) is 8.82. The van der Waals surface area contributed by atoms with Crippen LogP contribution in [0.25, 0.3) is 11.3 Å². The van der Waals surface area contributed by atoms with Crippen LogP contribution in [0.1, 0.15) is 26.6 Å². The van der Waals surface area contributed by atoms with Crippen LogP contribution in [-0.2, 0) is 6.42 Å². The van der Waals surface area contributed by atoms with Crippen LogP contribution in [0.5, 0.6) is 0 Å². The van der Waals surface area contributed by atoms with Crippen molar-refractivity contribution in [1.29, 1.82) is 0 Å². The molecule has 4 rings (SSSR count). The molecule has 1 amide bonds. The Bertz CT molecular complexity index is 1220. The highest BCUT2D eigenvalue weighted by Crippen LogP contribution is 2.31. The molecule has 0 fully saturated rings. The predicted molar refractivity (Wildman–Crippen MR) is 123 cm³/mol. The second-order valence-electron chi connectivity index (χ2n) is 6.60. The summed E-state index contributed by atoms with van der Waals surface area (Å²) >= 11 is 19.4. The van der Waals surface area contributed by atoms with Crippen molar-refractivity contribution in [2.24, 2.45) is 0 Å². The lowest BCUT2D eigenvalue weighted by atomic mass is 10.1. The Labute approximate surface area is 192 Å². The third kappa shape index (κ3) is 4.71. The molecule has 0 unspecified atom stereocenters. The standard InChI is InChI=1S/C22H15Cl3N2O2S/c1-12-17(10-20(29-12)14-4-7-18(24)19(25)9-14)21(28)27-22-26-11-16(30-22)8-13-2-5-15(23)6-3-13/h2-7,9-11H,8H2,1H3,(H,26,27,28). The number of hydrogen-bond donors (Lipinski definition) is 1. The number of aromatic nitrogens is 1. The average Bonchev–Trinajstić information content (AvgIpc) is 3.32. The number of furan rings is 1. The van der Waals surface area contributed by atoms with Crippen molar-refractivity contribution in [3.05, 3.63) is 91.6 Å². The van der Waals surface area contributed by atoms with E-state index in [0.29, 0.717) is 37.3 Å². The van der Waals surface area contributed by atoms with Gasteiger partial charge in [0, 0.05) is 28.1 Å². The zero-order chi connectivity index (χ0) is 21.3. The van der Waals surface area contributed by atoms with Crippen LogP contribution in [0.3, 0.4) is 0 Å². The number of thiazole rings is 1. The van der Waals surface area contributed by atoms with Crippen LogP contribution in [-0.4, -0.2) is 10.9 Å². The summed E-state index contributed by atoms with van der Waals surface area (Å²) in [5.74, 6) is 0.764. The summed E-state index contributed by atoms with van der Waals surface area (Å²) < 4.78 is 5.76. The number of hydrogen-bond acceptors (Lipinski definition) is 4. The molecular weight excluding hydrogens is 463 g/mol. The number of nitrogens with one attached hydrogen (secondary N) is 1. The maximum atomic E-state index is 12.7. The summed E-state index contributed by atoms with van der Waals surface area (Å²) in [6.07, 6.45) is 2.48. The van der Waals surface area contributed by atoms with Gasteiger partial charge in [0.25, 0.3) is 5.91 Å². The number of amides is 1. The molecule has 2 aromatic heterocycles. The summed E-state index contributed by atoms with van der Waals surface area (Å²) in [6.45, 7) is 1.74. The lowest BCUT2D eigenvalue weighted by Gasteiger charge is -2.00. The van der Waals surface area contributed by atoms with E-state index >= 15 is 0 Å². The van der Waals surface area contributed by atoms with E-state index in [-0.39, 0.29) is 5.91 Å². The number of halogens is 3. The Morgan fingerprint density at radius 3 is 2.57 bits per heavy atom. The van der Waals surface area contributed by atoms with Crippen molar-refractivity contribution in [1.82, 2.24) is 4.98 Å². The van der Waals surface area contributed by atoms with E-state index in [1.807, 2.05) is 24.3 Å². The molecule has 2 heterocycles. The van der Waals surface area contributed by atoms with Gasteiger partial charge in [0.05, 0.1) is 15.6 Å². The van der Waals surface area contributed by atoms with Crippen molar-refractivity contribution >= 4 is 57.2 Å². The van der Waals surface area contributed by atoms with Gasteiger partial charge in [-0.1, -0.05) is 46.9 Å². The van der Waals surface area contributed by atoms with E-state index < -0.39 is 0 Å². The topological polar surface area (TPSA) is 55.1 Å². The molecule has 0 aliphatic rings. The highest BCUT2D eigenvalue weighted by Gasteiger charge is 2.18. The molecule has 0 aliphatic heterocycles. The first-order valence-corrected chi connectivity index (χ1v) is 10.9.